The molecule has 0 saturated carbocycles. The lowest BCUT2D eigenvalue weighted by molar-refractivity contribution is -0.141. The second kappa shape index (κ2) is 9.28. The highest BCUT2D eigenvalue weighted by atomic mass is 32.2. The number of nitrogens with zero attached hydrogens (tertiary/aromatic N) is 1. The van der Waals surface area contributed by atoms with Crippen molar-refractivity contribution in [1.82, 2.24) is 10.3 Å². The molecule has 0 aliphatic carbocycles. The lowest BCUT2D eigenvalue weighted by atomic mass is 10.1. The third kappa shape index (κ3) is 6.87. The van der Waals surface area contributed by atoms with Crippen molar-refractivity contribution < 1.29 is 35.5 Å². The van der Waals surface area contributed by atoms with Gasteiger partial charge >= 0.3 is 6.18 Å². The first kappa shape index (κ1) is 23.4. The number of pyridine rings is 1. The van der Waals surface area contributed by atoms with E-state index in [2.05, 4.69) is 10.3 Å². The summed E-state index contributed by atoms with van der Waals surface area (Å²) in [7, 11) is -3.65. The number of aromatic nitrogens is 1. The average molecular weight is 449 g/mol. The Bertz CT molecular complexity index is 1030. The van der Waals surface area contributed by atoms with E-state index in [4.69, 9.17) is 4.74 Å². The lowest BCUT2D eigenvalue weighted by Crippen LogP contribution is -2.25. The highest BCUT2D eigenvalue weighted by molar-refractivity contribution is 7.92. The van der Waals surface area contributed by atoms with Crippen LogP contribution in [0, 0.1) is 5.82 Å². The number of rotatable bonds is 8. The van der Waals surface area contributed by atoms with Crippen LogP contribution in [0.2, 0.25) is 0 Å². The van der Waals surface area contributed by atoms with Crippen LogP contribution >= 0.6 is 0 Å². The summed E-state index contributed by atoms with van der Waals surface area (Å²) in [5, 5.41) is 2.50. The first-order valence-corrected chi connectivity index (χ1v) is 10.5. The molecular weight excluding hydrogens is 430 g/mol. The molecule has 2 N–H and O–H groups in total. The fraction of sp³-hybridized carbons (Fsp3) is 0.333. The van der Waals surface area contributed by atoms with Crippen LogP contribution in [-0.2, 0) is 34.0 Å². The molecule has 0 saturated heterocycles. The Kier molecular flexibility index (Phi) is 7.24. The SMILES string of the molecule is CCOc1nc(C(F)(F)F)ccc1CNC(=O)Cc1ccc(NS(C)(=O)=O)c(F)c1. The summed E-state index contributed by atoms with van der Waals surface area (Å²) in [6.45, 7) is 1.53. The van der Waals surface area contributed by atoms with E-state index in [0.29, 0.717) is 0 Å². The third-order valence-corrected chi connectivity index (χ3v) is 4.27. The summed E-state index contributed by atoms with van der Waals surface area (Å²) in [5.41, 5.74) is -0.838. The number of anilines is 1. The van der Waals surface area contributed by atoms with Crippen molar-refractivity contribution in [3.8, 4) is 5.88 Å². The van der Waals surface area contributed by atoms with Gasteiger partial charge in [-0.05, 0) is 36.8 Å². The standard InChI is InChI=1S/C18H19F4N3O4S/c1-3-29-17-12(5-7-15(24-17)18(20,21)22)10-23-16(26)9-11-4-6-14(13(19)8-11)25-30(2,27)28/h4-8,25H,3,9-10H2,1-2H3,(H,23,26). The smallest absolute Gasteiger partial charge is 0.433 e. The number of ether oxygens (including phenoxy) is 1. The average Bonchev–Trinajstić information content (AvgIpc) is 2.61. The van der Waals surface area contributed by atoms with Gasteiger partial charge in [0.15, 0.2) is 0 Å². The third-order valence-electron chi connectivity index (χ3n) is 3.68. The Morgan fingerprint density at radius 2 is 1.90 bits per heavy atom. The summed E-state index contributed by atoms with van der Waals surface area (Å²) in [6.07, 6.45) is -3.98. The topological polar surface area (TPSA) is 97.4 Å². The molecule has 0 aliphatic heterocycles. The highest BCUT2D eigenvalue weighted by Gasteiger charge is 2.33. The number of alkyl halides is 3. The highest BCUT2D eigenvalue weighted by Crippen LogP contribution is 2.30. The monoisotopic (exact) mass is 449 g/mol. The summed E-state index contributed by atoms with van der Waals surface area (Å²) in [5.74, 6) is -1.62. The zero-order valence-electron chi connectivity index (χ0n) is 16.0. The van der Waals surface area contributed by atoms with Gasteiger partial charge in [-0.2, -0.15) is 13.2 Å². The first-order valence-electron chi connectivity index (χ1n) is 8.62. The molecule has 2 rings (SSSR count). The van der Waals surface area contributed by atoms with Crippen molar-refractivity contribution >= 4 is 21.6 Å². The predicted molar refractivity (Wildman–Crippen MR) is 101 cm³/mol. The summed E-state index contributed by atoms with van der Waals surface area (Å²) < 4.78 is 81.8. The maximum atomic E-state index is 14.0. The van der Waals surface area contributed by atoms with Crippen LogP contribution in [0.1, 0.15) is 23.7 Å². The molecule has 1 aromatic heterocycles. The molecule has 0 fully saturated rings. The van der Waals surface area contributed by atoms with Crippen molar-refractivity contribution in [2.24, 2.45) is 0 Å². The van der Waals surface area contributed by atoms with E-state index < -0.39 is 33.6 Å². The van der Waals surface area contributed by atoms with E-state index in [0.717, 1.165) is 24.5 Å². The van der Waals surface area contributed by atoms with E-state index in [-0.39, 0.29) is 42.3 Å². The van der Waals surface area contributed by atoms with Crippen LogP contribution in [0.4, 0.5) is 23.2 Å². The Labute approximate surface area is 170 Å². The van der Waals surface area contributed by atoms with Crippen LogP contribution in [0.25, 0.3) is 0 Å². The van der Waals surface area contributed by atoms with Crippen LogP contribution in [0.5, 0.6) is 5.88 Å². The summed E-state index contributed by atoms with van der Waals surface area (Å²) >= 11 is 0. The van der Waals surface area contributed by atoms with Gasteiger partial charge in [-0.25, -0.2) is 17.8 Å². The Morgan fingerprint density at radius 3 is 2.47 bits per heavy atom. The van der Waals surface area contributed by atoms with E-state index in [1.165, 1.54) is 12.1 Å². The molecule has 7 nitrogen and oxygen atoms in total. The minimum absolute atomic E-state index is 0.0857. The lowest BCUT2D eigenvalue weighted by Gasteiger charge is -2.13. The fourth-order valence-electron chi connectivity index (χ4n) is 2.42. The maximum Gasteiger partial charge on any atom is 0.433 e. The van der Waals surface area contributed by atoms with Crippen molar-refractivity contribution in [2.45, 2.75) is 26.1 Å². The molecule has 30 heavy (non-hydrogen) atoms. The largest absolute Gasteiger partial charge is 0.478 e. The van der Waals surface area contributed by atoms with Gasteiger partial charge in [0.1, 0.15) is 11.5 Å². The van der Waals surface area contributed by atoms with Gasteiger partial charge in [-0.3, -0.25) is 9.52 Å². The van der Waals surface area contributed by atoms with Crippen molar-refractivity contribution in [3.05, 3.63) is 53.0 Å². The maximum absolute atomic E-state index is 14.0. The minimum Gasteiger partial charge on any atom is -0.478 e. The quantitative estimate of drug-likeness (QED) is 0.604. The number of benzene rings is 1. The number of carbonyl (C=O) groups excluding carboxylic acids is 1. The van der Waals surface area contributed by atoms with Gasteiger partial charge in [0, 0.05) is 12.1 Å². The van der Waals surface area contributed by atoms with Crippen molar-refractivity contribution in [3.63, 3.8) is 0 Å². The molecule has 1 heterocycles. The van der Waals surface area contributed by atoms with E-state index >= 15 is 0 Å². The normalized spacial score (nSPS) is 11.8. The molecular formula is C18H19F4N3O4S. The zero-order chi connectivity index (χ0) is 22.5. The molecule has 0 radical (unpaired) electrons. The number of amides is 1. The first-order chi connectivity index (χ1) is 13.9. The van der Waals surface area contributed by atoms with Gasteiger partial charge in [0.05, 0.1) is 25.0 Å². The number of hydrogen-bond acceptors (Lipinski definition) is 5. The second-order valence-electron chi connectivity index (χ2n) is 6.23. The number of carbonyl (C=O) groups is 1. The number of halogens is 4. The second-order valence-corrected chi connectivity index (χ2v) is 7.98. The summed E-state index contributed by atoms with van der Waals surface area (Å²) in [4.78, 5) is 15.6. The molecule has 12 heteroatoms. The van der Waals surface area contributed by atoms with E-state index in [1.807, 2.05) is 4.72 Å². The van der Waals surface area contributed by atoms with Crippen LogP contribution in [0.3, 0.4) is 0 Å². The molecule has 0 spiro atoms. The van der Waals surface area contributed by atoms with Crippen LogP contribution in [-0.4, -0.2) is 32.2 Å². The number of sulfonamides is 1. The van der Waals surface area contributed by atoms with Crippen LogP contribution in [0.15, 0.2) is 30.3 Å². The van der Waals surface area contributed by atoms with Gasteiger partial charge in [0.25, 0.3) is 0 Å². The molecule has 1 aromatic carbocycles. The molecule has 0 atom stereocenters. The van der Waals surface area contributed by atoms with E-state index in [9.17, 15) is 30.8 Å². The number of hydrogen-bond donors (Lipinski definition) is 2. The zero-order valence-corrected chi connectivity index (χ0v) is 16.8. The number of nitrogens with one attached hydrogen (secondary N) is 2. The molecule has 0 bridgehead atoms. The fourth-order valence-corrected chi connectivity index (χ4v) is 2.98. The minimum atomic E-state index is -4.63. The predicted octanol–water partition coefficient (Wildman–Crippen LogP) is 2.87. The van der Waals surface area contributed by atoms with Gasteiger partial charge in [-0.15, -0.1) is 0 Å². The van der Waals surface area contributed by atoms with Gasteiger partial charge < -0.3 is 10.1 Å². The van der Waals surface area contributed by atoms with Crippen molar-refractivity contribution in [1.29, 1.82) is 0 Å². The van der Waals surface area contributed by atoms with Gasteiger partial charge in [0.2, 0.25) is 21.8 Å². The molecule has 1 amide bonds. The Balaban J connectivity index is 2.05. The molecule has 2 aromatic rings. The molecule has 0 aliphatic rings. The summed E-state index contributed by atoms with van der Waals surface area (Å²) in [6, 6.07) is 5.52. The molecule has 164 valence electrons. The Morgan fingerprint density at radius 1 is 1.20 bits per heavy atom. The van der Waals surface area contributed by atoms with Crippen LogP contribution < -0.4 is 14.8 Å². The molecule has 0 unspecified atom stereocenters. The van der Waals surface area contributed by atoms with E-state index in [1.54, 1.807) is 6.92 Å². The van der Waals surface area contributed by atoms with Gasteiger partial charge in [-0.1, -0.05) is 6.07 Å². The van der Waals surface area contributed by atoms with Crippen molar-refractivity contribution in [2.75, 3.05) is 17.6 Å². The Hall–Kier alpha value is -2.89.